The second kappa shape index (κ2) is 8.37. The Hall–Kier alpha value is -3.22. The van der Waals surface area contributed by atoms with Crippen LogP contribution in [-0.2, 0) is 4.74 Å². The number of rotatable bonds is 4. The van der Waals surface area contributed by atoms with E-state index in [1.807, 2.05) is 0 Å². The monoisotopic (exact) mass is 510 g/mol. The molecule has 2 aromatic heterocycles. The Balaban J connectivity index is 1.55. The molecule has 0 radical (unpaired) electrons. The normalized spacial score (nSPS) is 16.4. The summed E-state index contributed by atoms with van der Waals surface area (Å²) in [5.41, 5.74) is -0.143. The summed E-state index contributed by atoms with van der Waals surface area (Å²) >= 11 is 3.09. The molecule has 4 rings (SSSR count). The van der Waals surface area contributed by atoms with Crippen LogP contribution in [-0.4, -0.2) is 55.8 Å². The van der Waals surface area contributed by atoms with Crippen LogP contribution in [0, 0.1) is 5.82 Å². The zero-order chi connectivity index (χ0) is 23.0. The Bertz CT molecular complexity index is 1200. The van der Waals surface area contributed by atoms with Gasteiger partial charge in [0.25, 0.3) is 0 Å². The summed E-state index contributed by atoms with van der Waals surface area (Å²) in [6, 6.07) is 3.86. The lowest BCUT2D eigenvalue weighted by Crippen LogP contribution is -2.36. The molecule has 32 heavy (non-hydrogen) atoms. The number of benzene rings is 1. The molecule has 1 aromatic carbocycles. The third kappa shape index (κ3) is 4.52. The number of hydrogen-bond donors (Lipinski definition) is 1. The molecule has 1 aliphatic rings. The van der Waals surface area contributed by atoms with Gasteiger partial charge in [0.1, 0.15) is 11.4 Å². The third-order valence-electron chi connectivity index (χ3n) is 4.65. The van der Waals surface area contributed by atoms with Gasteiger partial charge in [0.15, 0.2) is 5.69 Å². The third-order valence-corrected chi connectivity index (χ3v) is 5.25. The molecule has 3 aromatic rings. The predicted molar refractivity (Wildman–Crippen MR) is 113 cm³/mol. The summed E-state index contributed by atoms with van der Waals surface area (Å²) in [5, 5.41) is 14.7. The van der Waals surface area contributed by atoms with Crippen LogP contribution in [0.3, 0.4) is 0 Å². The van der Waals surface area contributed by atoms with Crippen molar-refractivity contribution in [2.45, 2.75) is 38.8 Å². The number of aromatic nitrogens is 4. The second-order valence-electron chi connectivity index (χ2n) is 8.22. The number of carbonyl (C=O) groups excluding carboxylic acids is 1. The fourth-order valence-corrected chi connectivity index (χ4v) is 3.61. The molecule has 1 unspecified atom stereocenters. The average molecular weight is 511 g/mol. The molecular weight excluding hydrogens is 491 g/mol. The van der Waals surface area contributed by atoms with Crippen LogP contribution >= 0.6 is 15.9 Å². The molecule has 3 heterocycles. The topological polar surface area (TPSA) is 129 Å². The van der Waals surface area contributed by atoms with E-state index in [2.05, 4.69) is 36.7 Å². The van der Waals surface area contributed by atoms with Gasteiger partial charge in [-0.3, -0.25) is 4.52 Å². The number of nitrogens with zero attached hydrogens (tertiary/aromatic N) is 5. The Morgan fingerprint density at radius 2 is 2.09 bits per heavy atom. The zero-order valence-electron chi connectivity index (χ0n) is 17.5. The Labute approximate surface area is 189 Å². The standard InChI is InChI=1S/C19H20BrFN6O5/c1-19(2,3)30-17(28)26-7-6-10(9-26)22-15-14(23-32-24-15)16-25-31-18(29)27(16)11-4-5-13(21)12(20)8-11/h4-5,8,10H,6-7,9H2,1-3H3,(H,22,24). The molecule has 11 nitrogen and oxygen atoms in total. The molecule has 0 bridgehead atoms. The number of hydrogen-bond acceptors (Lipinski definition) is 9. The number of halogens is 2. The molecule has 170 valence electrons. The minimum atomic E-state index is -0.788. The van der Waals surface area contributed by atoms with E-state index >= 15 is 0 Å². The van der Waals surface area contributed by atoms with Gasteiger partial charge in [0.2, 0.25) is 11.6 Å². The summed E-state index contributed by atoms with van der Waals surface area (Å²) in [6.07, 6.45) is 0.245. The quantitative estimate of drug-likeness (QED) is 0.562. The highest BCUT2D eigenvalue weighted by Crippen LogP contribution is 2.27. The molecule has 0 aliphatic carbocycles. The van der Waals surface area contributed by atoms with Gasteiger partial charge >= 0.3 is 11.8 Å². The minimum Gasteiger partial charge on any atom is -0.444 e. The maximum absolute atomic E-state index is 13.6. The average Bonchev–Trinajstić information content (AvgIpc) is 3.43. The molecule has 1 N–H and O–H groups in total. The molecule has 1 fully saturated rings. The van der Waals surface area contributed by atoms with Crippen molar-refractivity contribution in [3.63, 3.8) is 0 Å². The first-order valence-corrected chi connectivity index (χ1v) is 10.5. The van der Waals surface area contributed by atoms with Crippen molar-refractivity contribution in [3.05, 3.63) is 39.0 Å². The van der Waals surface area contributed by atoms with Gasteiger partial charge in [-0.25, -0.2) is 23.2 Å². The Kier molecular flexibility index (Phi) is 5.75. The van der Waals surface area contributed by atoms with Crippen LogP contribution in [0.5, 0.6) is 0 Å². The first-order valence-electron chi connectivity index (χ1n) is 9.74. The van der Waals surface area contributed by atoms with E-state index in [1.165, 1.54) is 18.2 Å². The molecule has 0 spiro atoms. The van der Waals surface area contributed by atoms with Crippen LogP contribution in [0.15, 0.2) is 36.6 Å². The minimum absolute atomic E-state index is 0.0271. The van der Waals surface area contributed by atoms with Gasteiger partial charge in [-0.2, -0.15) is 0 Å². The molecule has 13 heteroatoms. The summed E-state index contributed by atoms with van der Waals surface area (Å²) < 4.78 is 30.0. The van der Waals surface area contributed by atoms with E-state index in [0.29, 0.717) is 25.2 Å². The first-order chi connectivity index (χ1) is 15.1. The van der Waals surface area contributed by atoms with Gasteiger partial charge in [-0.05, 0) is 71.6 Å². The molecule has 1 aliphatic heterocycles. The predicted octanol–water partition coefficient (Wildman–Crippen LogP) is 3.20. The first kappa shape index (κ1) is 22.0. The van der Waals surface area contributed by atoms with E-state index < -0.39 is 23.3 Å². The van der Waals surface area contributed by atoms with E-state index in [4.69, 9.17) is 13.9 Å². The van der Waals surface area contributed by atoms with Crippen LogP contribution in [0.1, 0.15) is 27.2 Å². The fraction of sp³-hybridized carbons (Fsp3) is 0.421. The van der Waals surface area contributed by atoms with Crippen LogP contribution in [0.25, 0.3) is 17.2 Å². The van der Waals surface area contributed by atoms with E-state index in [0.717, 1.165) is 4.57 Å². The van der Waals surface area contributed by atoms with Crippen molar-refractivity contribution in [3.8, 4) is 17.2 Å². The van der Waals surface area contributed by atoms with E-state index in [9.17, 15) is 14.0 Å². The van der Waals surface area contributed by atoms with Gasteiger partial charge in [-0.1, -0.05) is 5.16 Å². The number of anilines is 1. The zero-order valence-corrected chi connectivity index (χ0v) is 19.0. The lowest BCUT2D eigenvalue weighted by molar-refractivity contribution is 0.0293. The largest absolute Gasteiger partial charge is 0.446 e. The number of nitrogens with one attached hydrogen (secondary N) is 1. The maximum atomic E-state index is 13.6. The maximum Gasteiger partial charge on any atom is 0.446 e. The van der Waals surface area contributed by atoms with Crippen molar-refractivity contribution < 1.29 is 23.1 Å². The summed E-state index contributed by atoms with van der Waals surface area (Å²) in [6.45, 7) is 6.31. The smallest absolute Gasteiger partial charge is 0.444 e. The van der Waals surface area contributed by atoms with Crippen molar-refractivity contribution in [1.82, 2.24) is 24.9 Å². The Morgan fingerprint density at radius 1 is 1.31 bits per heavy atom. The fourth-order valence-electron chi connectivity index (χ4n) is 3.25. The molecule has 1 saturated heterocycles. The van der Waals surface area contributed by atoms with Gasteiger partial charge < -0.3 is 15.0 Å². The van der Waals surface area contributed by atoms with Crippen molar-refractivity contribution in [2.24, 2.45) is 0 Å². The van der Waals surface area contributed by atoms with Crippen LogP contribution in [0.2, 0.25) is 0 Å². The van der Waals surface area contributed by atoms with Crippen LogP contribution < -0.4 is 11.1 Å². The highest BCUT2D eigenvalue weighted by molar-refractivity contribution is 9.10. The molecule has 1 amide bonds. The summed E-state index contributed by atoms with van der Waals surface area (Å²) in [7, 11) is 0. The number of carbonyl (C=O) groups is 1. The van der Waals surface area contributed by atoms with Gasteiger partial charge in [0.05, 0.1) is 10.2 Å². The van der Waals surface area contributed by atoms with E-state index in [1.54, 1.807) is 25.7 Å². The number of ether oxygens (including phenoxy) is 1. The SMILES string of the molecule is CC(C)(C)OC(=O)N1CCC(Nc2nonc2-c2noc(=O)n2-c2ccc(F)c(Br)c2)C1. The highest BCUT2D eigenvalue weighted by Gasteiger charge is 2.32. The van der Waals surface area contributed by atoms with Crippen molar-refractivity contribution in [1.29, 1.82) is 0 Å². The van der Waals surface area contributed by atoms with Crippen molar-refractivity contribution >= 4 is 27.8 Å². The molecule has 0 saturated carbocycles. The Morgan fingerprint density at radius 3 is 2.81 bits per heavy atom. The second-order valence-corrected chi connectivity index (χ2v) is 9.08. The highest BCUT2D eigenvalue weighted by atomic mass is 79.9. The number of likely N-dealkylation sites (tertiary alicyclic amines) is 1. The molecular formula is C19H20BrFN6O5. The summed E-state index contributed by atoms with van der Waals surface area (Å²) in [5.74, 6) is -1.02. The van der Waals surface area contributed by atoms with Gasteiger partial charge in [0, 0.05) is 19.1 Å². The van der Waals surface area contributed by atoms with Crippen LogP contribution in [0.4, 0.5) is 15.0 Å². The number of amides is 1. The lowest BCUT2D eigenvalue weighted by atomic mass is 10.2. The van der Waals surface area contributed by atoms with Gasteiger partial charge in [-0.15, -0.1) is 0 Å². The van der Waals surface area contributed by atoms with Crippen molar-refractivity contribution in [2.75, 3.05) is 18.4 Å². The molecule has 1 atom stereocenters. The lowest BCUT2D eigenvalue weighted by Gasteiger charge is -2.24. The summed E-state index contributed by atoms with van der Waals surface area (Å²) in [4.78, 5) is 26.2. The van der Waals surface area contributed by atoms with E-state index in [-0.39, 0.29) is 27.9 Å².